The summed E-state index contributed by atoms with van der Waals surface area (Å²) in [6.45, 7) is 3.45. The number of epoxide rings is 1. The molecule has 2 aromatic rings. The SMILES string of the molecule is COC(=O)N[C@H](C)C(=O)N[C@@H](Cc1ccc(OC)cc1)C(=O)N[C@@H](Cc1ccccc1)C(=O)[C@@]1(C)CO1. The molecule has 2 aromatic carbocycles. The number of Topliss-reactive ketones (excluding diaryl/α,β-unsaturated/α-hetero) is 1. The summed E-state index contributed by atoms with van der Waals surface area (Å²) in [7, 11) is 2.74. The topological polar surface area (TPSA) is 135 Å². The van der Waals surface area contributed by atoms with Crippen molar-refractivity contribution in [1.82, 2.24) is 16.0 Å². The van der Waals surface area contributed by atoms with Crippen LogP contribution >= 0.6 is 0 Å². The monoisotopic (exact) mass is 511 g/mol. The highest BCUT2D eigenvalue weighted by Gasteiger charge is 2.50. The summed E-state index contributed by atoms with van der Waals surface area (Å²) in [4.78, 5) is 51.1. The quantitative estimate of drug-likeness (QED) is 0.368. The van der Waals surface area contributed by atoms with Gasteiger partial charge in [-0.25, -0.2) is 4.79 Å². The van der Waals surface area contributed by atoms with Gasteiger partial charge >= 0.3 is 6.09 Å². The molecule has 3 N–H and O–H groups in total. The maximum Gasteiger partial charge on any atom is 0.407 e. The minimum atomic E-state index is -1.03. The summed E-state index contributed by atoms with van der Waals surface area (Å²) in [6.07, 6.45) is -0.356. The number of carbonyl (C=O) groups is 4. The van der Waals surface area contributed by atoms with Crippen LogP contribution in [0.1, 0.15) is 25.0 Å². The van der Waals surface area contributed by atoms with E-state index in [1.807, 2.05) is 30.3 Å². The number of methoxy groups -OCH3 is 2. The van der Waals surface area contributed by atoms with E-state index in [4.69, 9.17) is 9.47 Å². The molecule has 0 aromatic heterocycles. The van der Waals surface area contributed by atoms with Gasteiger partial charge in [-0.3, -0.25) is 14.4 Å². The van der Waals surface area contributed by atoms with Crippen molar-refractivity contribution < 1.29 is 33.4 Å². The number of ether oxygens (including phenoxy) is 3. The second-order valence-corrected chi connectivity index (χ2v) is 9.11. The fraction of sp³-hybridized carbons (Fsp3) is 0.407. The number of hydrogen-bond donors (Lipinski definition) is 3. The highest BCUT2D eigenvalue weighted by atomic mass is 16.6. The Kier molecular flexibility index (Phi) is 9.24. The maximum absolute atomic E-state index is 13.5. The second kappa shape index (κ2) is 12.4. The molecule has 1 fully saturated rings. The zero-order chi connectivity index (χ0) is 27.0. The van der Waals surface area contributed by atoms with E-state index in [2.05, 4.69) is 20.7 Å². The largest absolute Gasteiger partial charge is 0.497 e. The van der Waals surface area contributed by atoms with Gasteiger partial charge in [-0.1, -0.05) is 42.5 Å². The number of alkyl carbamates (subject to hydrolysis) is 1. The lowest BCUT2D eigenvalue weighted by Gasteiger charge is -2.25. The lowest BCUT2D eigenvalue weighted by atomic mass is 9.94. The lowest BCUT2D eigenvalue weighted by molar-refractivity contribution is -0.133. The molecule has 1 aliphatic rings. The molecule has 0 bridgehead atoms. The number of rotatable bonds is 12. The summed E-state index contributed by atoms with van der Waals surface area (Å²) < 4.78 is 15.1. The van der Waals surface area contributed by atoms with Gasteiger partial charge < -0.3 is 30.2 Å². The van der Waals surface area contributed by atoms with Crippen LogP contribution in [0.2, 0.25) is 0 Å². The molecule has 10 nitrogen and oxygen atoms in total. The van der Waals surface area contributed by atoms with E-state index in [0.717, 1.165) is 11.1 Å². The van der Waals surface area contributed by atoms with Crippen LogP contribution in [0.5, 0.6) is 5.75 Å². The smallest absolute Gasteiger partial charge is 0.407 e. The van der Waals surface area contributed by atoms with Crippen molar-refractivity contribution in [3.05, 3.63) is 65.7 Å². The molecule has 0 radical (unpaired) electrons. The van der Waals surface area contributed by atoms with Crippen LogP contribution < -0.4 is 20.7 Å². The van der Waals surface area contributed by atoms with Gasteiger partial charge in [-0.15, -0.1) is 0 Å². The predicted molar refractivity (Wildman–Crippen MR) is 135 cm³/mol. The highest BCUT2D eigenvalue weighted by molar-refractivity contribution is 5.98. The van der Waals surface area contributed by atoms with Gasteiger partial charge in [-0.05, 0) is 43.5 Å². The van der Waals surface area contributed by atoms with E-state index in [-0.39, 0.29) is 25.2 Å². The first-order valence-electron chi connectivity index (χ1n) is 12.0. The molecule has 3 rings (SSSR count). The molecule has 0 saturated carbocycles. The fourth-order valence-electron chi connectivity index (χ4n) is 3.76. The van der Waals surface area contributed by atoms with Crippen LogP contribution in [0.25, 0.3) is 0 Å². The first kappa shape index (κ1) is 27.7. The lowest BCUT2D eigenvalue weighted by Crippen LogP contribution is -2.57. The summed E-state index contributed by atoms with van der Waals surface area (Å²) in [5.41, 5.74) is 0.690. The van der Waals surface area contributed by atoms with Crippen LogP contribution in [0.15, 0.2) is 54.6 Å². The van der Waals surface area contributed by atoms with Crippen LogP contribution in [0, 0.1) is 0 Å². The Labute approximate surface area is 216 Å². The molecule has 10 heteroatoms. The molecule has 1 saturated heterocycles. The molecule has 37 heavy (non-hydrogen) atoms. The van der Waals surface area contributed by atoms with Crippen molar-refractivity contribution in [2.45, 2.75) is 50.4 Å². The van der Waals surface area contributed by atoms with Crippen molar-refractivity contribution in [2.75, 3.05) is 20.8 Å². The van der Waals surface area contributed by atoms with Crippen molar-refractivity contribution in [2.24, 2.45) is 0 Å². The minimum absolute atomic E-state index is 0.145. The van der Waals surface area contributed by atoms with Crippen LogP contribution in [-0.4, -0.2) is 68.2 Å². The third-order valence-corrected chi connectivity index (χ3v) is 6.16. The average molecular weight is 512 g/mol. The number of nitrogens with one attached hydrogen (secondary N) is 3. The summed E-state index contributed by atoms with van der Waals surface area (Å²) >= 11 is 0. The standard InChI is InChI=1S/C27H33N3O7/c1-17(28-26(34)36-4)24(32)30-22(15-19-10-12-20(35-3)13-11-19)25(33)29-21(23(31)27(2)16-37-27)14-18-8-6-5-7-9-18/h5-13,17,21-22H,14-16H2,1-4H3,(H,28,34)(H,29,33)(H,30,32)/t17-,21+,22+,27-/m1/s1. The maximum atomic E-state index is 13.5. The second-order valence-electron chi connectivity index (χ2n) is 9.11. The first-order valence-corrected chi connectivity index (χ1v) is 12.0. The number of carbonyl (C=O) groups excluding carboxylic acids is 4. The molecular weight excluding hydrogens is 478 g/mol. The van der Waals surface area contributed by atoms with Crippen molar-refractivity contribution in [3.63, 3.8) is 0 Å². The van der Waals surface area contributed by atoms with Crippen LogP contribution in [0.3, 0.4) is 0 Å². The van der Waals surface area contributed by atoms with Gasteiger partial charge in [0.2, 0.25) is 11.8 Å². The molecule has 0 aliphatic carbocycles. The van der Waals surface area contributed by atoms with E-state index in [9.17, 15) is 19.2 Å². The van der Waals surface area contributed by atoms with Gasteiger partial charge in [0.1, 0.15) is 23.4 Å². The van der Waals surface area contributed by atoms with Gasteiger partial charge in [0.25, 0.3) is 0 Å². The molecule has 0 unspecified atom stereocenters. The van der Waals surface area contributed by atoms with Gasteiger partial charge in [0, 0.05) is 6.42 Å². The molecule has 1 aliphatic heterocycles. The zero-order valence-electron chi connectivity index (χ0n) is 21.4. The highest BCUT2D eigenvalue weighted by Crippen LogP contribution is 2.29. The zero-order valence-corrected chi connectivity index (χ0v) is 21.4. The Morgan fingerprint density at radius 3 is 2.00 bits per heavy atom. The van der Waals surface area contributed by atoms with E-state index in [0.29, 0.717) is 5.75 Å². The minimum Gasteiger partial charge on any atom is -0.497 e. The Bertz CT molecular complexity index is 1100. The molecule has 198 valence electrons. The molecule has 4 atom stereocenters. The van der Waals surface area contributed by atoms with E-state index in [1.165, 1.54) is 14.0 Å². The summed E-state index contributed by atoms with van der Waals surface area (Å²) in [5, 5.41) is 7.90. The molecule has 1 heterocycles. The van der Waals surface area contributed by atoms with Crippen molar-refractivity contribution in [1.29, 1.82) is 0 Å². The van der Waals surface area contributed by atoms with Gasteiger partial charge in [-0.2, -0.15) is 0 Å². The summed E-state index contributed by atoms with van der Waals surface area (Å²) in [5.74, 6) is -0.703. The molecule has 0 spiro atoms. The molecular formula is C27H33N3O7. The van der Waals surface area contributed by atoms with Gasteiger partial charge in [0.15, 0.2) is 5.78 Å². The fourth-order valence-corrected chi connectivity index (χ4v) is 3.76. The third-order valence-electron chi connectivity index (χ3n) is 6.16. The van der Waals surface area contributed by atoms with Crippen molar-refractivity contribution >= 4 is 23.7 Å². The normalized spacial score (nSPS) is 18.5. The van der Waals surface area contributed by atoms with E-state index >= 15 is 0 Å². The molecule has 3 amide bonds. The van der Waals surface area contributed by atoms with Crippen molar-refractivity contribution in [3.8, 4) is 5.75 Å². The number of benzene rings is 2. The Morgan fingerprint density at radius 1 is 0.865 bits per heavy atom. The number of ketones is 1. The average Bonchev–Trinajstić information content (AvgIpc) is 3.66. The van der Waals surface area contributed by atoms with Crippen LogP contribution in [-0.2, 0) is 36.7 Å². The Hall–Kier alpha value is -3.92. The van der Waals surface area contributed by atoms with E-state index in [1.54, 1.807) is 38.3 Å². The van der Waals surface area contributed by atoms with Gasteiger partial charge in [0.05, 0.1) is 26.9 Å². The summed E-state index contributed by atoms with van der Waals surface area (Å²) in [6, 6.07) is 13.6. The number of hydrogen-bond acceptors (Lipinski definition) is 7. The first-order chi connectivity index (χ1) is 17.6. The number of amides is 3. The Morgan fingerprint density at radius 2 is 1.43 bits per heavy atom. The predicted octanol–water partition coefficient (Wildman–Crippen LogP) is 1.55. The van der Waals surface area contributed by atoms with Crippen LogP contribution in [0.4, 0.5) is 4.79 Å². The van der Waals surface area contributed by atoms with E-state index < -0.39 is 41.6 Å². The Balaban J connectivity index is 1.80. The third kappa shape index (κ3) is 7.78.